The first-order chi connectivity index (χ1) is 9.76. The monoisotopic (exact) mass is 270 g/mol. The third-order valence-corrected chi connectivity index (χ3v) is 3.23. The Bertz CT molecular complexity index is 719. The van der Waals surface area contributed by atoms with Gasteiger partial charge in [0.05, 0.1) is 11.2 Å². The molecule has 1 heterocycles. The normalized spacial score (nSPS) is 10.9. The van der Waals surface area contributed by atoms with Crippen LogP contribution in [0.15, 0.2) is 48.5 Å². The highest BCUT2D eigenvalue weighted by Crippen LogP contribution is 2.20. The molecule has 4 heteroatoms. The summed E-state index contributed by atoms with van der Waals surface area (Å²) in [5, 5.41) is 1.12. The van der Waals surface area contributed by atoms with Crippen molar-refractivity contribution in [2.24, 2.45) is 5.73 Å². The molecule has 0 bridgehead atoms. The van der Waals surface area contributed by atoms with Crippen LogP contribution in [0.5, 0.6) is 5.75 Å². The minimum absolute atomic E-state index is 0.268. The Balaban J connectivity index is 1.79. The molecule has 0 spiro atoms. The third kappa shape index (κ3) is 2.51. The van der Waals surface area contributed by atoms with Crippen LogP contribution in [0.1, 0.15) is 11.3 Å². The average molecular weight is 270 g/mol. The summed E-state index contributed by atoms with van der Waals surface area (Å²) in [5.41, 5.74) is 8.81. The maximum Gasteiger partial charge on any atom is 0.128 e. The van der Waals surface area contributed by atoms with E-state index in [1.165, 1.54) is 12.1 Å². The van der Waals surface area contributed by atoms with Crippen molar-refractivity contribution < 1.29 is 9.13 Å². The summed E-state index contributed by atoms with van der Waals surface area (Å²) in [4.78, 5) is 3.32. The van der Waals surface area contributed by atoms with Crippen molar-refractivity contribution in [1.82, 2.24) is 4.98 Å². The van der Waals surface area contributed by atoms with Gasteiger partial charge in [-0.1, -0.05) is 18.2 Å². The molecule has 3 N–H and O–H groups in total. The number of aromatic amines is 1. The van der Waals surface area contributed by atoms with E-state index in [1.807, 2.05) is 24.3 Å². The van der Waals surface area contributed by atoms with Crippen molar-refractivity contribution in [3.8, 4) is 5.75 Å². The lowest BCUT2D eigenvalue weighted by Crippen LogP contribution is -1.98. The van der Waals surface area contributed by atoms with Crippen LogP contribution in [0.2, 0.25) is 0 Å². The molecular weight excluding hydrogens is 255 g/mol. The summed E-state index contributed by atoms with van der Waals surface area (Å²) >= 11 is 0. The summed E-state index contributed by atoms with van der Waals surface area (Å²) in [7, 11) is 0. The first-order valence-electron chi connectivity index (χ1n) is 6.44. The number of nitrogens with two attached hydrogens (primary N) is 1. The van der Waals surface area contributed by atoms with Crippen LogP contribution in [0, 0.1) is 5.82 Å². The molecule has 20 heavy (non-hydrogen) atoms. The molecule has 0 radical (unpaired) electrons. The number of para-hydroxylation sites is 1. The van der Waals surface area contributed by atoms with Crippen molar-refractivity contribution in [3.05, 3.63) is 65.6 Å². The van der Waals surface area contributed by atoms with E-state index < -0.39 is 0 Å². The molecule has 102 valence electrons. The van der Waals surface area contributed by atoms with Crippen LogP contribution in [0.4, 0.5) is 4.39 Å². The Kier molecular flexibility index (Phi) is 3.39. The van der Waals surface area contributed by atoms with Gasteiger partial charge in [-0.3, -0.25) is 0 Å². The Morgan fingerprint density at radius 2 is 1.90 bits per heavy atom. The number of rotatable bonds is 4. The number of aromatic nitrogens is 1. The molecule has 2 aromatic carbocycles. The Morgan fingerprint density at radius 1 is 1.10 bits per heavy atom. The second kappa shape index (κ2) is 5.35. The summed E-state index contributed by atoms with van der Waals surface area (Å²) in [6.07, 6.45) is 0. The maximum absolute atomic E-state index is 12.8. The van der Waals surface area contributed by atoms with E-state index in [-0.39, 0.29) is 5.82 Å². The summed E-state index contributed by atoms with van der Waals surface area (Å²) in [5.74, 6) is 0.375. The lowest BCUT2D eigenvalue weighted by atomic mass is 10.1. The summed E-state index contributed by atoms with van der Waals surface area (Å²) in [6, 6.07) is 14.1. The highest BCUT2D eigenvalue weighted by Gasteiger charge is 2.05. The molecule has 0 amide bonds. The largest absolute Gasteiger partial charge is 0.487 e. The first kappa shape index (κ1) is 12.7. The molecule has 1 aromatic heterocycles. The van der Waals surface area contributed by atoms with Gasteiger partial charge in [-0.25, -0.2) is 4.39 Å². The molecule has 0 aliphatic rings. The number of halogens is 1. The van der Waals surface area contributed by atoms with Crippen molar-refractivity contribution in [1.29, 1.82) is 0 Å². The smallest absolute Gasteiger partial charge is 0.128 e. The molecule has 0 atom stereocenters. The fourth-order valence-electron chi connectivity index (χ4n) is 2.22. The van der Waals surface area contributed by atoms with Crippen LogP contribution >= 0.6 is 0 Å². The zero-order chi connectivity index (χ0) is 13.9. The molecule has 3 nitrogen and oxygen atoms in total. The number of fused-ring (bicyclic) bond motifs is 1. The zero-order valence-electron chi connectivity index (χ0n) is 10.9. The van der Waals surface area contributed by atoms with Gasteiger partial charge in [0.15, 0.2) is 0 Å². The highest BCUT2D eigenvalue weighted by atomic mass is 19.1. The first-order valence-corrected chi connectivity index (χ1v) is 6.44. The standard InChI is InChI=1S/C16H15FN2O/c17-13-4-6-15(7-5-13)20-10-14-8-11-2-1-3-12(9-18)16(11)19-14/h1-8,19H,9-10,18H2. The van der Waals surface area contributed by atoms with Crippen LogP contribution in [0.3, 0.4) is 0 Å². The van der Waals surface area contributed by atoms with Gasteiger partial charge >= 0.3 is 0 Å². The second-order valence-corrected chi connectivity index (χ2v) is 4.62. The van der Waals surface area contributed by atoms with Crippen molar-refractivity contribution >= 4 is 10.9 Å². The topological polar surface area (TPSA) is 51.0 Å². The van der Waals surface area contributed by atoms with Gasteiger partial charge in [0.1, 0.15) is 18.2 Å². The second-order valence-electron chi connectivity index (χ2n) is 4.62. The number of benzene rings is 2. The SMILES string of the molecule is NCc1cccc2cc(COc3ccc(F)cc3)[nH]c12. The fourth-order valence-corrected chi connectivity index (χ4v) is 2.22. The minimum atomic E-state index is -0.268. The Labute approximate surface area is 116 Å². The number of H-pyrrole nitrogens is 1. The third-order valence-electron chi connectivity index (χ3n) is 3.23. The molecular formula is C16H15FN2O. The van der Waals surface area contributed by atoms with Crippen LogP contribution < -0.4 is 10.5 Å². The van der Waals surface area contributed by atoms with Gasteiger partial charge in [-0.15, -0.1) is 0 Å². The Hall–Kier alpha value is -2.33. The van der Waals surface area contributed by atoms with Gasteiger partial charge in [0, 0.05) is 11.9 Å². The lowest BCUT2D eigenvalue weighted by Gasteiger charge is -2.04. The minimum Gasteiger partial charge on any atom is -0.487 e. The number of hydrogen-bond donors (Lipinski definition) is 2. The molecule has 0 saturated carbocycles. The lowest BCUT2D eigenvalue weighted by molar-refractivity contribution is 0.302. The summed E-state index contributed by atoms with van der Waals surface area (Å²) < 4.78 is 18.4. The van der Waals surface area contributed by atoms with Gasteiger partial charge in [0.2, 0.25) is 0 Å². The fraction of sp³-hybridized carbons (Fsp3) is 0.125. The van der Waals surface area contributed by atoms with Gasteiger partial charge in [0.25, 0.3) is 0 Å². The van der Waals surface area contributed by atoms with Crippen molar-refractivity contribution in [3.63, 3.8) is 0 Å². The van der Waals surface area contributed by atoms with Gasteiger partial charge < -0.3 is 15.5 Å². The van der Waals surface area contributed by atoms with Crippen LogP contribution in [-0.2, 0) is 13.2 Å². The molecule has 0 saturated heterocycles. The average Bonchev–Trinajstić information content (AvgIpc) is 2.89. The van der Waals surface area contributed by atoms with E-state index in [0.717, 1.165) is 22.2 Å². The van der Waals surface area contributed by atoms with E-state index in [0.29, 0.717) is 18.9 Å². The van der Waals surface area contributed by atoms with Crippen molar-refractivity contribution in [2.75, 3.05) is 0 Å². The molecule has 0 unspecified atom stereocenters. The molecule has 0 aliphatic heterocycles. The quantitative estimate of drug-likeness (QED) is 0.764. The van der Waals surface area contributed by atoms with Crippen molar-refractivity contribution in [2.45, 2.75) is 13.2 Å². The van der Waals surface area contributed by atoms with Gasteiger partial charge in [-0.05, 0) is 35.9 Å². The maximum atomic E-state index is 12.8. The molecule has 3 aromatic rings. The number of ether oxygens (including phenoxy) is 1. The zero-order valence-corrected chi connectivity index (χ0v) is 10.9. The molecule has 0 aliphatic carbocycles. The van der Waals surface area contributed by atoms with E-state index in [2.05, 4.69) is 4.98 Å². The predicted octanol–water partition coefficient (Wildman–Crippen LogP) is 3.34. The van der Waals surface area contributed by atoms with Gasteiger partial charge in [-0.2, -0.15) is 0 Å². The van der Waals surface area contributed by atoms with E-state index in [9.17, 15) is 4.39 Å². The van der Waals surface area contributed by atoms with E-state index in [4.69, 9.17) is 10.5 Å². The van der Waals surface area contributed by atoms with Crippen LogP contribution in [-0.4, -0.2) is 4.98 Å². The molecule has 0 fully saturated rings. The van der Waals surface area contributed by atoms with Crippen LogP contribution in [0.25, 0.3) is 10.9 Å². The predicted molar refractivity (Wildman–Crippen MR) is 76.9 cm³/mol. The molecule has 3 rings (SSSR count). The number of hydrogen-bond acceptors (Lipinski definition) is 2. The highest BCUT2D eigenvalue weighted by molar-refractivity contribution is 5.83. The summed E-state index contributed by atoms with van der Waals surface area (Å²) in [6.45, 7) is 0.903. The Morgan fingerprint density at radius 3 is 2.65 bits per heavy atom. The number of nitrogens with one attached hydrogen (secondary N) is 1. The van der Waals surface area contributed by atoms with E-state index in [1.54, 1.807) is 12.1 Å². The van der Waals surface area contributed by atoms with E-state index >= 15 is 0 Å².